The molecule has 0 saturated carbocycles. The molecule has 0 radical (unpaired) electrons. The van der Waals surface area contributed by atoms with Gasteiger partial charge >= 0.3 is 5.69 Å². The Hall–Kier alpha value is -2.41. The number of nitrogens with zero attached hydrogens (tertiary/aromatic N) is 2. The van der Waals surface area contributed by atoms with E-state index in [2.05, 4.69) is 10.3 Å². The number of halogens is 2. The van der Waals surface area contributed by atoms with Crippen molar-refractivity contribution in [2.75, 3.05) is 6.54 Å². The highest BCUT2D eigenvalue weighted by molar-refractivity contribution is 6.32. The van der Waals surface area contributed by atoms with Crippen molar-refractivity contribution in [3.8, 4) is 5.75 Å². The van der Waals surface area contributed by atoms with Crippen molar-refractivity contribution < 1.29 is 13.9 Å². The lowest BCUT2D eigenvalue weighted by Crippen LogP contribution is -2.39. The number of rotatable bonds is 6. The van der Waals surface area contributed by atoms with Crippen molar-refractivity contribution in [2.24, 2.45) is 0 Å². The number of hydrogen-bond donors (Lipinski definition) is 1. The Morgan fingerprint density at radius 1 is 1.40 bits per heavy atom. The van der Waals surface area contributed by atoms with Gasteiger partial charge in [-0.05, 0) is 45.0 Å². The van der Waals surface area contributed by atoms with E-state index in [1.165, 1.54) is 16.7 Å². The molecule has 1 atom stereocenters. The molecule has 1 aromatic heterocycles. The Bertz CT molecular complexity index is 838. The molecule has 25 heavy (non-hydrogen) atoms. The third-order valence-electron chi connectivity index (χ3n) is 3.55. The van der Waals surface area contributed by atoms with Gasteiger partial charge in [0.1, 0.15) is 11.6 Å². The molecular weight excluding hydrogens is 349 g/mol. The van der Waals surface area contributed by atoms with Crippen LogP contribution in [0.15, 0.2) is 29.1 Å². The summed E-state index contributed by atoms with van der Waals surface area (Å²) >= 11 is 5.87. The van der Waals surface area contributed by atoms with E-state index in [-0.39, 0.29) is 28.9 Å². The van der Waals surface area contributed by atoms with E-state index >= 15 is 0 Å². The van der Waals surface area contributed by atoms with Crippen molar-refractivity contribution >= 4 is 17.5 Å². The van der Waals surface area contributed by atoms with Crippen molar-refractivity contribution in [3.05, 3.63) is 57.0 Å². The van der Waals surface area contributed by atoms with Gasteiger partial charge in [-0.3, -0.25) is 9.36 Å². The van der Waals surface area contributed by atoms with Crippen LogP contribution in [0.1, 0.15) is 18.3 Å². The highest BCUT2D eigenvalue weighted by Crippen LogP contribution is 2.25. The predicted octanol–water partition coefficient (Wildman–Crippen LogP) is 2.24. The number of ether oxygens (including phenoxy) is 1. The van der Waals surface area contributed by atoms with Gasteiger partial charge < -0.3 is 10.1 Å². The van der Waals surface area contributed by atoms with Crippen LogP contribution < -0.4 is 15.7 Å². The number of aryl methyl sites for hydroxylation is 2. The van der Waals surface area contributed by atoms with E-state index in [1.54, 1.807) is 26.8 Å². The fourth-order valence-electron chi connectivity index (χ4n) is 2.30. The summed E-state index contributed by atoms with van der Waals surface area (Å²) in [6, 6.07) is 5.47. The van der Waals surface area contributed by atoms with Crippen LogP contribution in [0, 0.1) is 19.7 Å². The minimum atomic E-state index is -0.822. The maximum absolute atomic E-state index is 13.0. The SMILES string of the molecule is Cc1cc(C)n(CCNC(=O)C(C)Oc2ccc(F)cc2Cl)c(=O)n1. The zero-order valence-corrected chi connectivity index (χ0v) is 14.9. The smallest absolute Gasteiger partial charge is 0.348 e. The zero-order valence-electron chi connectivity index (χ0n) is 14.2. The Kier molecular flexibility index (Phi) is 6.14. The Balaban J connectivity index is 1.91. The lowest BCUT2D eigenvalue weighted by Gasteiger charge is -2.16. The average molecular weight is 368 g/mol. The third-order valence-corrected chi connectivity index (χ3v) is 3.84. The first-order valence-electron chi connectivity index (χ1n) is 7.72. The first-order chi connectivity index (χ1) is 11.8. The molecule has 0 aliphatic carbocycles. The molecule has 0 aliphatic heterocycles. The minimum absolute atomic E-state index is 0.0903. The summed E-state index contributed by atoms with van der Waals surface area (Å²) in [5.74, 6) is -0.631. The normalized spacial score (nSPS) is 11.9. The van der Waals surface area contributed by atoms with Crippen LogP contribution in [-0.2, 0) is 11.3 Å². The number of hydrogen-bond acceptors (Lipinski definition) is 4. The van der Waals surface area contributed by atoms with Crippen LogP contribution in [0.25, 0.3) is 0 Å². The summed E-state index contributed by atoms with van der Waals surface area (Å²) in [7, 11) is 0. The van der Waals surface area contributed by atoms with Gasteiger partial charge in [0.15, 0.2) is 6.10 Å². The van der Waals surface area contributed by atoms with Gasteiger partial charge in [0.25, 0.3) is 5.91 Å². The fourth-order valence-corrected chi connectivity index (χ4v) is 2.51. The Morgan fingerprint density at radius 3 is 2.76 bits per heavy atom. The van der Waals surface area contributed by atoms with Crippen molar-refractivity contribution in [1.82, 2.24) is 14.9 Å². The molecule has 6 nitrogen and oxygen atoms in total. The molecule has 0 saturated heterocycles. The number of amides is 1. The molecule has 0 aliphatic rings. The van der Waals surface area contributed by atoms with Gasteiger partial charge in [-0.1, -0.05) is 11.6 Å². The van der Waals surface area contributed by atoms with Crippen LogP contribution in [0.5, 0.6) is 5.75 Å². The molecule has 1 N–H and O–H groups in total. The van der Waals surface area contributed by atoms with E-state index in [0.717, 1.165) is 11.8 Å². The molecule has 0 spiro atoms. The maximum Gasteiger partial charge on any atom is 0.348 e. The summed E-state index contributed by atoms with van der Waals surface area (Å²) in [6.07, 6.45) is -0.822. The number of carbonyl (C=O) groups is 1. The number of aromatic nitrogens is 2. The van der Waals surface area contributed by atoms with Gasteiger partial charge in [-0.25, -0.2) is 9.18 Å². The molecule has 2 rings (SSSR count). The van der Waals surface area contributed by atoms with Gasteiger partial charge in [0.05, 0.1) is 5.02 Å². The van der Waals surface area contributed by atoms with Crippen LogP contribution in [0.3, 0.4) is 0 Å². The Morgan fingerprint density at radius 2 is 2.12 bits per heavy atom. The lowest BCUT2D eigenvalue weighted by molar-refractivity contribution is -0.127. The summed E-state index contributed by atoms with van der Waals surface area (Å²) in [4.78, 5) is 27.8. The van der Waals surface area contributed by atoms with Crippen molar-refractivity contribution in [3.63, 3.8) is 0 Å². The number of benzene rings is 1. The second-order valence-electron chi connectivity index (χ2n) is 5.60. The van der Waals surface area contributed by atoms with E-state index in [1.807, 2.05) is 0 Å². The molecule has 0 bridgehead atoms. The Labute approximate surface area is 149 Å². The van der Waals surface area contributed by atoms with Gasteiger partial charge in [0.2, 0.25) is 0 Å². The molecule has 2 aromatic rings. The van der Waals surface area contributed by atoms with E-state index in [4.69, 9.17) is 16.3 Å². The molecule has 8 heteroatoms. The average Bonchev–Trinajstić information content (AvgIpc) is 2.52. The summed E-state index contributed by atoms with van der Waals surface area (Å²) in [5.41, 5.74) is 1.07. The summed E-state index contributed by atoms with van der Waals surface area (Å²) in [5, 5.41) is 2.77. The highest BCUT2D eigenvalue weighted by atomic mass is 35.5. The third kappa shape index (κ3) is 5.03. The maximum atomic E-state index is 13.0. The van der Waals surface area contributed by atoms with Crippen LogP contribution in [0.4, 0.5) is 4.39 Å². The van der Waals surface area contributed by atoms with Crippen LogP contribution >= 0.6 is 11.6 Å². The first kappa shape index (κ1) is 18.9. The van der Waals surface area contributed by atoms with E-state index in [9.17, 15) is 14.0 Å². The number of nitrogens with one attached hydrogen (secondary N) is 1. The quantitative estimate of drug-likeness (QED) is 0.849. The van der Waals surface area contributed by atoms with Gasteiger partial charge in [0, 0.05) is 24.5 Å². The fraction of sp³-hybridized carbons (Fsp3) is 0.353. The van der Waals surface area contributed by atoms with E-state index < -0.39 is 11.9 Å². The van der Waals surface area contributed by atoms with Crippen LogP contribution in [0.2, 0.25) is 5.02 Å². The summed E-state index contributed by atoms with van der Waals surface area (Å²) in [6.45, 7) is 5.66. The van der Waals surface area contributed by atoms with Crippen molar-refractivity contribution in [2.45, 2.75) is 33.4 Å². The molecule has 1 heterocycles. The second-order valence-corrected chi connectivity index (χ2v) is 6.01. The molecule has 134 valence electrons. The standard InChI is InChI=1S/C17H19ClFN3O3/c1-10-8-11(2)22(17(24)21-10)7-6-20-16(23)12(3)25-15-5-4-13(19)9-14(15)18/h4-5,8-9,12H,6-7H2,1-3H3,(H,20,23). The zero-order chi connectivity index (χ0) is 18.6. The van der Waals surface area contributed by atoms with Crippen LogP contribution in [-0.4, -0.2) is 28.1 Å². The topological polar surface area (TPSA) is 73.2 Å². The van der Waals surface area contributed by atoms with Crippen molar-refractivity contribution in [1.29, 1.82) is 0 Å². The lowest BCUT2D eigenvalue weighted by atomic mass is 10.3. The van der Waals surface area contributed by atoms with Gasteiger partial charge in [-0.2, -0.15) is 4.98 Å². The molecule has 0 fully saturated rings. The molecule has 1 aromatic carbocycles. The van der Waals surface area contributed by atoms with Gasteiger partial charge in [-0.15, -0.1) is 0 Å². The van der Waals surface area contributed by atoms with E-state index in [0.29, 0.717) is 12.2 Å². The second kappa shape index (κ2) is 8.11. The highest BCUT2D eigenvalue weighted by Gasteiger charge is 2.16. The number of carbonyl (C=O) groups excluding carboxylic acids is 1. The molecule has 1 amide bonds. The monoisotopic (exact) mass is 367 g/mol. The molecular formula is C17H19ClFN3O3. The predicted molar refractivity (Wildman–Crippen MR) is 92.5 cm³/mol. The minimum Gasteiger partial charge on any atom is -0.479 e. The largest absolute Gasteiger partial charge is 0.479 e. The molecule has 1 unspecified atom stereocenters. The first-order valence-corrected chi connectivity index (χ1v) is 8.10. The summed E-state index contributed by atoms with van der Waals surface area (Å²) < 4.78 is 19.9.